The van der Waals surface area contributed by atoms with Crippen LogP contribution in [-0.2, 0) is 13.0 Å². The Balaban J connectivity index is 1.32. The lowest BCUT2D eigenvalue weighted by molar-refractivity contribution is 0.251. The Hall–Kier alpha value is -3.26. The van der Waals surface area contributed by atoms with Crippen LogP contribution in [0.4, 0.5) is 10.5 Å². The molecule has 0 fully saturated rings. The fourth-order valence-electron chi connectivity index (χ4n) is 3.38. The summed E-state index contributed by atoms with van der Waals surface area (Å²) < 4.78 is 0. The smallest absolute Gasteiger partial charge is 0.319 e. The molecule has 0 spiro atoms. The summed E-state index contributed by atoms with van der Waals surface area (Å²) in [6.45, 7) is 6.87. The highest BCUT2D eigenvalue weighted by Gasteiger charge is 2.06. The molecule has 3 N–H and O–H groups in total. The Labute approximate surface area is 183 Å². The highest BCUT2D eigenvalue weighted by molar-refractivity contribution is 5.89. The summed E-state index contributed by atoms with van der Waals surface area (Å²) in [5.74, 6) is 0.615. The van der Waals surface area contributed by atoms with E-state index in [1.165, 1.54) is 16.7 Å². The van der Waals surface area contributed by atoms with Crippen LogP contribution in [0.25, 0.3) is 0 Å². The van der Waals surface area contributed by atoms with Gasteiger partial charge in [0.05, 0.1) is 0 Å². The SMILES string of the molecule is Cc1ccc(CN(C)CCCCNC(=O)Nc2cccc(Cc3nn[nH]n3)c2)cc1C. The molecule has 3 aromatic rings. The van der Waals surface area contributed by atoms with Crippen molar-refractivity contribution in [2.24, 2.45) is 0 Å². The molecule has 0 unspecified atom stereocenters. The molecule has 0 aliphatic heterocycles. The van der Waals surface area contributed by atoms with Gasteiger partial charge >= 0.3 is 6.03 Å². The van der Waals surface area contributed by atoms with E-state index >= 15 is 0 Å². The predicted octanol–water partition coefficient (Wildman–Crippen LogP) is 3.44. The van der Waals surface area contributed by atoms with Crippen molar-refractivity contribution < 1.29 is 4.79 Å². The third-order valence-electron chi connectivity index (χ3n) is 5.21. The van der Waals surface area contributed by atoms with Crippen LogP contribution >= 0.6 is 0 Å². The van der Waals surface area contributed by atoms with Gasteiger partial charge in [-0.3, -0.25) is 0 Å². The number of tetrazole rings is 1. The largest absolute Gasteiger partial charge is 0.338 e. The fourth-order valence-corrected chi connectivity index (χ4v) is 3.38. The van der Waals surface area contributed by atoms with E-state index in [0.717, 1.165) is 37.2 Å². The molecule has 0 atom stereocenters. The van der Waals surface area contributed by atoms with Gasteiger partial charge < -0.3 is 15.5 Å². The molecule has 1 aromatic heterocycles. The highest BCUT2D eigenvalue weighted by Crippen LogP contribution is 2.13. The van der Waals surface area contributed by atoms with Crippen LogP contribution < -0.4 is 10.6 Å². The second kappa shape index (κ2) is 11.2. The molecule has 0 saturated heterocycles. The number of anilines is 1. The maximum atomic E-state index is 12.2. The quantitative estimate of drug-likeness (QED) is 0.436. The zero-order valence-corrected chi connectivity index (χ0v) is 18.5. The molecule has 8 heteroatoms. The minimum absolute atomic E-state index is 0.194. The number of nitrogens with one attached hydrogen (secondary N) is 3. The summed E-state index contributed by atoms with van der Waals surface area (Å²) in [4.78, 5) is 14.5. The topological polar surface area (TPSA) is 98.8 Å². The number of carbonyl (C=O) groups is 1. The highest BCUT2D eigenvalue weighted by atomic mass is 16.2. The van der Waals surface area contributed by atoms with Crippen LogP contribution in [0.15, 0.2) is 42.5 Å². The summed E-state index contributed by atoms with van der Waals surface area (Å²) in [5, 5.41) is 19.7. The van der Waals surface area contributed by atoms with Crippen molar-refractivity contribution >= 4 is 11.7 Å². The number of urea groups is 1. The summed E-state index contributed by atoms with van der Waals surface area (Å²) >= 11 is 0. The van der Waals surface area contributed by atoms with Gasteiger partial charge in [-0.1, -0.05) is 35.5 Å². The number of H-pyrrole nitrogens is 1. The molecule has 3 rings (SSSR count). The average Bonchev–Trinajstić information content (AvgIpc) is 3.24. The van der Waals surface area contributed by atoms with E-state index in [0.29, 0.717) is 18.8 Å². The van der Waals surface area contributed by atoms with Gasteiger partial charge in [-0.25, -0.2) is 4.79 Å². The summed E-state index contributed by atoms with van der Waals surface area (Å²) in [7, 11) is 2.14. The normalized spacial score (nSPS) is 11.0. The number of benzene rings is 2. The molecule has 1 heterocycles. The van der Waals surface area contributed by atoms with E-state index in [4.69, 9.17) is 0 Å². The number of amides is 2. The first-order valence-electron chi connectivity index (χ1n) is 10.6. The summed E-state index contributed by atoms with van der Waals surface area (Å²) in [6, 6.07) is 14.1. The predicted molar refractivity (Wildman–Crippen MR) is 122 cm³/mol. The second-order valence-corrected chi connectivity index (χ2v) is 7.95. The Kier molecular flexibility index (Phi) is 8.12. The molecule has 2 amide bonds. The van der Waals surface area contributed by atoms with Crippen molar-refractivity contribution in [2.75, 3.05) is 25.5 Å². The van der Waals surface area contributed by atoms with E-state index in [1.54, 1.807) is 0 Å². The number of hydrogen-bond donors (Lipinski definition) is 3. The van der Waals surface area contributed by atoms with E-state index in [1.807, 2.05) is 24.3 Å². The lowest BCUT2D eigenvalue weighted by atomic mass is 10.1. The van der Waals surface area contributed by atoms with E-state index in [9.17, 15) is 4.79 Å². The van der Waals surface area contributed by atoms with E-state index in [-0.39, 0.29) is 6.03 Å². The third kappa shape index (κ3) is 7.49. The number of aromatic amines is 1. The van der Waals surface area contributed by atoms with Gasteiger partial charge in [-0.15, -0.1) is 10.2 Å². The van der Waals surface area contributed by atoms with E-state index < -0.39 is 0 Å². The van der Waals surface area contributed by atoms with Gasteiger partial charge in [0.2, 0.25) is 0 Å². The standard InChI is InChI=1S/C23H31N7O/c1-17-9-10-20(13-18(17)2)16-30(3)12-5-4-11-24-23(31)25-21-8-6-7-19(14-21)15-22-26-28-29-27-22/h6-10,13-14H,4-5,11-12,15-16H2,1-3H3,(H2,24,25,31)(H,26,27,28,29). The van der Waals surface area contributed by atoms with E-state index in [2.05, 4.69) is 75.3 Å². The summed E-state index contributed by atoms with van der Waals surface area (Å²) in [6.07, 6.45) is 2.52. The molecular weight excluding hydrogens is 390 g/mol. The van der Waals surface area contributed by atoms with Crippen LogP contribution in [0.3, 0.4) is 0 Å². The average molecular weight is 422 g/mol. The monoisotopic (exact) mass is 421 g/mol. The molecule has 2 aromatic carbocycles. The maximum Gasteiger partial charge on any atom is 0.319 e. The van der Waals surface area contributed by atoms with Crippen LogP contribution in [0.2, 0.25) is 0 Å². The molecular formula is C23H31N7O. The minimum Gasteiger partial charge on any atom is -0.338 e. The number of hydrogen-bond acceptors (Lipinski definition) is 5. The molecule has 0 radical (unpaired) electrons. The Morgan fingerprint density at radius 1 is 1.06 bits per heavy atom. The number of unbranched alkanes of at least 4 members (excludes halogenated alkanes) is 1. The zero-order valence-electron chi connectivity index (χ0n) is 18.5. The first-order valence-corrected chi connectivity index (χ1v) is 10.6. The zero-order chi connectivity index (χ0) is 22.1. The third-order valence-corrected chi connectivity index (χ3v) is 5.21. The molecule has 0 aliphatic rings. The lowest BCUT2D eigenvalue weighted by Gasteiger charge is -2.17. The van der Waals surface area contributed by atoms with Gasteiger partial charge in [0.1, 0.15) is 0 Å². The molecule has 0 aliphatic carbocycles. The van der Waals surface area contributed by atoms with Gasteiger partial charge in [-0.05, 0) is 74.7 Å². The molecule has 0 saturated carbocycles. The van der Waals surface area contributed by atoms with Crippen LogP contribution in [0.5, 0.6) is 0 Å². The van der Waals surface area contributed by atoms with Crippen molar-refractivity contribution in [1.29, 1.82) is 0 Å². The van der Waals surface area contributed by atoms with Gasteiger partial charge in [0.15, 0.2) is 5.82 Å². The Bertz CT molecular complexity index is 972. The van der Waals surface area contributed by atoms with Crippen molar-refractivity contribution in [1.82, 2.24) is 30.8 Å². The minimum atomic E-state index is -0.194. The first-order chi connectivity index (χ1) is 15.0. The number of rotatable bonds is 10. The fraction of sp³-hybridized carbons (Fsp3) is 0.391. The second-order valence-electron chi connectivity index (χ2n) is 7.95. The van der Waals surface area contributed by atoms with Crippen LogP contribution in [0.1, 0.15) is 40.9 Å². The number of aryl methyl sites for hydroxylation is 2. The number of aromatic nitrogens is 4. The van der Waals surface area contributed by atoms with Crippen molar-refractivity contribution in [3.63, 3.8) is 0 Å². The van der Waals surface area contributed by atoms with Crippen molar-refractivity contribution in [3.05, 3.63) is 70.5 Å². The molecule has 0 bridgehead atoms. The Morgan fingerprint density at radius 2 is 1.94 bits per heavy atom. The molecule has 164 valence electrons. The van der Waals surface area contributed by atoms with Crippen LogP contribution in [-0.4, -0.2) is 51.7 Å². The van der Waals surface area contributed by atoms with Gasteiger partial charge in [0, 0.05) is 25.2 Å². The van der Waals surface area contributed by atoms with Gasteiger partial charge in [0.25, 0.3) is 0 Å². The number of nitrogens with zero attached hydrogens (tertiary/aromatic N) is 4. The molecule has 31 heavy (non-hydrogen) atoms. The Morgan fingerprint density at radius 3 is 2.71 bits per heavy atom. The molecule has 8 nitrogen and oxygen atoms in total. The first kappa shape index (κ1) is 22.4. The van der Waals surface area contributed by atoms with Crippen LogP contribution in [0, 0.1) is 13.8 Å². The summed E-state index contributed by atoms with van der Waals surface area (Å²) in [5.41, 5.74) is 5.75. The van der Waals surface area contributed by atoms with Gasteiger partial charge in [-0.2, -0.15) is 5.21 Å². The maximum absolute atomic E-state index is 12.2. The van der Waals surface area contributed by atoms with Crippen molar-refractivity contribution in [3.8, 4) is 0 Å². The van der Waals surface area contributed by atoms with Crippen molar-refractivity contribution in [2.45, 2.75) is 39.7 Å². The number of carbonyl (C=O) groups excluding carboxylic acids is 1. The lowest BCUT2D eigenvalue weighted by Crippen LogP contribution is -2.30.